The van der Waals surface area contributed by atoms with Gasteiger partial charge < -0.3 is 23.4 Å². The zero-order valence-electron chi connectivity index (χ0n) is 22.3. The van der Waals surface area contributed by atoms with Crippen LogP contribution in [0.4, 0.5) is 0 Å². The molecule has 3 aromatic rings. The first-order valence-corrected chi connectivity index (χ1v) is 13.1. The van der Waals surface area contributed by atoms with Gasteiger partial charge in [0, 0.05) is 30.8 Å². The number of aromatic nitrogens is 2. The number of rotatable bonds is 4. The summed E-state index contributed by atoms with van der Waals surface area (Å²) in [6.07, 6.45) is 0. The van der Waals surface area contributed by atoms with E-state index in [0.717, 1.165) is 29.8 Å². The fourth-order valence-electron chi connectivity index (χ4n) is 4.09. The van der Waals surface area contributed by atoms with E-state index in [4.69, 9.17) is 23.4 Å². The summed E-state index contributed by atoms with van der Waals surface area (Å²) in [4.78, 5) is 2.32. The molecular formula is C29H39N3O5. The van der Waals surface area contributed by atoms with Gasteiger partial charge in [-0.25, -0.2) is 0 Å². The van der Waals surface area contributed by atoms with E-state index in [0.29, 0.717) is 71.2 Å². The molecule has 0 N–H and O–H groups in total. The van der Waals surface area contributed by atoms with Gasteiger partial charge in [0.2, 0.25) is 11.8 Å². The van der Waals surface area contributed by atoms with Crippen LogP contribution >= 0.6 is 0 Å². The lowest BCUT2D eigenvalue weighted by Gasteiger charge is -2.23. The largest absolute Gasteiger partial charge is 0.416 e. The van der Waals surface area contributed by atoms with Gasteiger partial charge in [0.1, 0.15) is 0 Å². The van der Waals surface area contributed by atoms with Crippen molar-refractivity contribution in [2.45, 2.75) is 32.7 Å². The molecular weight excluding hydrogens is 470 g/mol. The molecule has 8 nitrogen and oxygen atoms in total. The van der Waals surface area contributed by atoms with E-state index in [9.17, 15) is 0 Å². The van der Waals surface area contributed by atoms with E-state index in [1.54, 1.807) is 0 Å². The second kappa shape index (κ2) is 13.8. The van der Waals surface area contributed by atoms with Crippen LogP contribution in [-0.4, -0.2) is 81.0 Å². The summed E-state index contributed by atoms with van der Waals surface area (Å²) >= 11 is 0. The average Bonchev–Trinajstić information content (AvgIpc) is 3.38. The Morgan fingerprint density at radius 3 is 1.81 bits per heavy atom. The fraction of sp³-hybridized carbons (Fsp3) is 0.517. The zero-order chi connectivity index (χ0) is 25.9. The summed E-state index contributed by atoms with van der Waals surface area (Å²) in [5.41, 5.74) is 4.33. The van der Waals surface area contributed by atoms with Gasteiger partial charge >= 0.3 is 0 Å². The van der Waals surface area contributed by atoms with Crippen molar-refractivity contribution in [1.29, 1.82) is 0 Å². The standard InChI is InChI=1S/C29H39N3O5/c1-29(2,3)25-10-8-23(9-11-25)27-30-31-28(37-27)26-7-5-4-6-24(26)22-32-12-14-33-16-18-35-20-21-36-19-17-34-15-13-32/h4-11H,12-22H2,1-3H3. The molecule has 0 unspecified atom stereocenters. The molecule has 8 heteroatoms. The molecule has 1 saturated heterocycles. The lowest BCUT2D eigenvalue weighted by Crippen LogP contribution is -2.31. The summed E-state index contributed by atoms with van der Waals surface area (Å²) < 4.78 is 28.8. The molecule has 1 aliphatic rings. The van der Waals surface area contributed by atoms with Crippen LogP contribution in [0.3, 0.4) is 0 Å². The van der Waals surface area contributed by atoms with Gasteiger partial charge in [-0.3, -0.25) is 4.90 Å². The first kappa shape index (κ1) is 27.4. The second-order valence-electron chi connectivity index (χ2n) is 10.1. The number of hydrogen-bond donors (Lipinski definition) is 0. The normalized spacial score (nSPS) is 17.7. The quantitative estimate of drug-likeness (QED) is 0.506. The first-order chi connectivity index (χ1) is 18.0. The molecule has 1 aliphatic heterocycles. The third-order valence-electron chi connectivity index (χ3n) is 6.28. The number of nitrogens with zero attached hydrogens (tertiary/aromatic N) is 3. The molecule has 37 heavy (non-hydrogen) atoms. The highest BCUT2D eigenvalue weighted by atomic mass is 16.6. The summed E-state index contributed by atoms with van der Waals surface area (Å²) in [7, 11) is 0. The smallest absolute Gasteiger partial charge is 0.248 e. The van der Waals surface area contributed by atoms with Gasteiger partial charge in [-0.15, -0.1) is 10.2 Å². The minimum absolute atomic E-state index is 0.0930. The van der Waals surface area contributed by atoms with Crippen LogP contribution in [0.2, 0.25) is 0 Å². The number of hydrogen-bond acceptors (Lipinski definition) is 8. The van der Waals surface area contributed by atoms with Crippen LogP contribution in [0, 0.1) is 0 Å². The first-order valence-electron chi connectivity index (χ1n) is 13.1. The minimum atomic E-state index is 0.0930. The van der Waals surface area contributed by atoms with Gasteiger partial charge in [-0.2, -0.15) is 0 Å². The van der Waals surface area contributed by atoms with Gasteiger partial charge in [0.05, 0.1) is 52.9 Å². The fourth-order valence-corrected chi connectivity index (χ4v) is 4.09. The topological polar surface area (TPSA) is 79.1 Å². The van der Waals surface area contributed by atoms with Crippen LogP contribution < -0.4 is 0 Å². The van der Waals surface area contributed by atoms with Crippen molar-refractivity contribution >= 4 is 0 Å². The highest BCUT2D eigenvalue weighted by Crippen LogP contribution is 2.29. The van der Waals surface area contributed by atoms with Gasteiger partial charge in [0.15, 0.2) is 0 Å². The van der Waals surface area contributed by atoms with E-state index in [1.807, 2.05) is 30.3 Å². The second-order valence-corrected chi connectivity index (χ2v) is 10.1. The Kier molecular flexibility index (Phi) is 10.2. The highest BCUT2D eigenvalue weighted by Gasteiger charge is 2.18. The van der Waals surface area contributed by atoms with Crippen molar-refractivity contribution in [3.63, 3.8) is 0 Å². The minimum Gasteiger partial charge on any atom is -0.416 e. The van der Waals surface area contributed by atoms with Crippen molar-refractivity contribution in [2.75, 3.05) is 65.9 Å². The molecule has 0 amide bonds. The Bertz CT molecular complexity index is 1060. The van der Waals surface area contributed by atoms with Crippen LogP contribution in [0.1, 0.15) is 31.9 Å². The van der Waals surface area contributed by atoms with E-state index < -0.39 is 0 Å². The maximum Gasteiger partial charge on any atom is 0.248 e. The maximum atomic E-state index is 6.14. The van der Waals surface area contributed by atoms with E-state index in [1.165, 1.54) is 5.56 Å². The third kappa shape index (κ3) is 8.45. The molecule has 0 saturated carbocycles. The molecule has 2 aromatic carbocycles. The Hall–Kier alpha value is -2.62. The molecule has 0 spiro atoms. The predicted molar refractivity (Wildman–Crippen MR) is 142 cm³/mol. The SMILES string of the molecule is CC(C)(C)c1ccc(-c2nnc(-c3ccccc3CN3CCOCCOCCOCCOCC3)o2)cc1. The van der Waals surface area contributed by atoms with E-state index in [2.05, 4.69) is 54.1 Å². The molecule has 0 atom stereocenters. The molecule has 4 rings (SSSR count). The Morgan fingerprint density at radius 2 is 1.22 bits per heavy atom. The maximum absolute atomic E-state index is 6.14. The number of ether oxygens (including phenoxy) is 4. The monoisotopic (exact) mass is 509 g/mol. The van der Waals surface area contributed by atoms with Gasteiger partial charge in [-0.1, -0.05) is 51.1 Å². The lowest BCUT2D eigenvalue weighted by molar-refractivity contribution is 0.00206. The number of benzene rings is 2. The molecule has 2 heterocycles. The van der Waals surface area contributed by atoms with Crippen LogP contribution in [0.15, 0.2) is 52.9 Å². The molecule has 1 fully saturated rings. The zero-order valence-corrected chi connectivity index (χ0v) is 22.3. The molecule has 200 valence electrons. The van der Waals surface area contributed by atoms with Crippen molar-refractivity contribution in [3.8, 4) is 22.9 Å². The average molecular weight is 510 g/mol. The van der Waals surface area contributed by atoms with Crippen molar-refractivity contribution in [2.24, 2.45) is 0 Å². The van der Waals surface area contributed by atoms with Gasteiger partial charge in [0.25, 0.3) is 0 Å². The van der Waals surface area contributed by atoms with E-state index in [-0.39, 0.29) is 5.41 Å². The molecule has 0 radical (unpaired) electrons. The van der Waals surface area contributed by atoms with Gasteiger partial charge in [-0.05, 0) is 34.7 Å². The molecule has 1 aromatic heterocycles. The molecule has 0 aliphatic carbocycles. The van der Waals surface area contributed by atoms with Crippen LogP contribution in [-0.2, 0) is 30.9 Å². The van der Waals surface area contributed by atoms with E-state index >= 15 is 0 Å². The Morgan fingerprint density at radius 1 is 0.676 bits per heavy atom. The summed E-state index contributed by atoms with van der Waals surface area (Å²) in [6, 6.07) is 16.5. The molecule has 0 bridgehead atoms. The van der Waals surface area contributed by atoms with Crippen LogP contribution in [0.5, 0.6) is 0 Å². The third-order valence-corrected chi connectivity index (χ3v) is 6.28. The Labute approximate surface area is 219 Å². The lowest BCUT2D eigenvalue weighted by atomic mass is 9.87. The summed E-state index contributed by atoms with van der Waals surface area (Å²) in [5, 5.41) is 8.73. The van der Waals surface area contributed by atoms with Crippen molar-refractivity contribution in [3.05, 3.63) is 59.7 Å². The predicted octanol–water partition coefficient (Wildman–Crippen LogP) is 4.58. The van der Waals surface area contributed by atoms with Crippen LogP contribution in [0.25, 0.3) is 22.9 Å². The Balaban J connectivity index is 1.45. The highest BCUT2D eigenvalue weighted by molar-refractivity contribution is 5.61. The van der Waals surface area contributed by atoms with Crippen molar-refractivity contribution in [1.82, 2.24) is 15.1 Å². The van der Waals surface area contributed by atoms with Crippen molar-refractivity contribution < 1.29 is 23.4 Å². The summed E-state index contributed by atoms with van der Waals surface area (Å²) in [5.74, 6) is 1.04. The summed E-state index contributed by atoms with van der Waals surface area (Å²) in [6.45, 7) is 13.6.